The zero-order chi connectivity index (χ0) is 37.1. The van der Waals surface area contributed by atoms with Gasteiger partial charge in [0, 0.05) is 37.8 Å². The van der Waals surface area contributed by atoms with Crippen LogP contribution in [0.15, 0.2) is 17.1 Å². The summed E-state index contributed by atoms with van der Waals surface area (Å²) in [6.07, 6.45) is -15.5. The van der Waals surface area contributed by atoms with E-state index in [2.05, 4.69) is 15.6 Å². The molecule has 0 radical (unpaired) electrons. The minimum atomic E-state index is -7.97. The maximum atomic E-state index is 13.8. The van der Waals surface area contributed by atoms with E-state index in [1.165, 1.54) is 0 Å². The molecule has 0 unspecified atom stereocenters. The molecule has 2 rings (SSSR count). The predicted molar refractivity (Wildman–Crippen MR) is 135 cm³/mol. The molecule has 2 heterocycles. The molecular formula is C23H25F13N4O7S. The lowest BCUT2D eigenvalue weighted by molar-refractivity contribution is -0.439. The summed E-state index contributed by atoms with van der Waals surface area (Å²) in [5.74, 6) is -40.9. The second kappa shape index (κ2) is 14.9. The van der Waals surface area contributed by atoms with Gasteiger partial charge >= 0.3 is 41.5 Å². The summed E-state index contributed by atoms with van der Waals surface area (Å²) >= 11 is 0.202. The van der Waals surface area contributed by atoms with E-state index in [4.69, 9.17) is 9.84 Å². The van der Waals surface area contributed by atoms with Gasteiger partial charge in [-0.1, -0.05) is 0 Å². The number of aliphatic hydroxyl groups excluding tert-OH is 3. The zero-order valence-corrected chi connectivity index (χ0v) is 24.4. The SMILES string of the molecule is O=C(CCSCCC(F)(F)C(F)(F)C(F)(F)C(F)(F)C(F)(F)C(F)(F)F)NCCC(=O)Nc1ccn([C@@H]2O[C@H](CO)[C@@H](O)[C@@H]2O)c(=O)n1. The minimum Gasteiger partial charge on any atom is -0.394 e. The van der Waals surface area contributed by atoms with E-state index in [-0.39, 0.29) is 24.1 Å². The maximum Gasteiger partial charge on any atom is 0.460 e. The fraction of sp³-hybridized carbons (Fsp3) is 0.739. The molecule has 1 aromatic rings. The molecule has 11 nitrogen and oxygen atoms in total. The molecular weight excluding hydrogens is 723 g/mol. The monoisotopic (exact) mass is 748 g/mol. The predicted octanol–water partition coefficient (Wildman–Crippen LogP) is 2.55. The van der Waals surface area contributed by atoms with E-state index in [0.717, 1.165) is 16.8 Å². The largest absolute Gasteiger partial charge is 0.460 e. The molecule has 48 heavy (non-hydrogen) atoms. The molecule has 1 aliphatic rings. The lowest BCUT2D eigenvalue weighted by Crippen LogP contribution is -2.70. The van der Waals surface area contributed by atoms with Crippen LogP contribution < -0.4 is 16.3 Å². The van der Waals surface area contributed by atoms with Crippen LogP contribution in [0.5, 0.6) is 0 Å². The molecule has 0 aromatic carbocycles. The first-order chi connectivity index (χ1) is 21.8. The smallest absolute Gasteiger partial charge is 0.394 e. The summed E-state index contributed by atoms with van der Waals surface area (Å²) in [6, 6.07) is 1.10. The topological polar surface area (TPSA) is 163 Å². The number of aromatic nitrogens is 2. The number of rotatable bonds is 16. The molecule has 0 spiro atoms. The van der Waals surface area contributed by atoms with E-state index >= 15 is 0 Å². The first-order valence-electron chi connectivity index (χ1n) is 13.1. The van der Waals surface area contributed by atoms with Crippen molar-refractivity contribution in [3.8, 4) is 0 Å². The number of halogens is 13. The molecule has 0 bridgehead atoms. The Morgan fingerprint density at radius 2 is 1.44 bits per heavy atom. The number of nitrogens with one attached hydrogen (secondary N) is 2. The van der Waals surface area contributed by atoms with Crippen LogP contribution in [0.3, 0.4) is 0 Å². The second-order valence-corrected chi connectivity index (χ2v) is 11.2. The zero-order valence-electron chi connectivity index (χ0n) is 23.6. The Bertz CT molecular complexity index is 1350. The van der Waals surface area contributed by atoms with Crippen molar-refractivity contribution < 1.29 is 86.7 Å². The number of ether oxygens (including phenoxy) is 1. The third kappa shape index (κ3) is 8.27. The number of carbonyl (C=O) groups excluding carboxylic acids is 2. The van der Waals surface area contributed by atoms with Gasteiger partial charge in [0.15, 0.2) is 6.23 Å². The normalized spacial score (nSPS) is 21.3. The summed E-state index contributed by atoms with van der Waals surface area (Å²) in [7, 11) is 0. The minimum absolute atomic E-state index is 0.202. The number of nitrogens with zero attached hydrogens (tertiary/aromatic N) is 2. The van der Waals surface area contributed by atoms with Crippen LogP contribution in [0.1, 0.15) is 25.5 Å². The molecule has 276 valence electrons. The molecule has 1 aromatic heterocycles. The summed E-state index contributed by atoms with van der Waals surface area (Å²) < 4.78 is 177. The van der Waals surface area contributed by atoms with Crippen molar-refractivity contribution in [1.29, 1.82) is 0 Å². The third-order valence-electron chi connectivity index (χ3n) is 6.60. The number of thioether (sulfide) groups is 1. The Balaban J connectivity index is 1.79. The Labute approximate surface area is 263 Å². The first-order valence-corrected chi connectivity index (χ1v) is 14.2. The van der Waals surface area contributed by atoms with Crippen molar-refractivity contribution in [1.82, 2.24) is 14.9 Å². The Morgan fingerprint density at radius 3 is 1.96 bits per heavy atom. The van der Waals surface area contributed by atoms with Gasteiger partial charge < -0.3 is 30.7 Å². The summed E-state index contributed by atoms with van der Waals surface area (Å²) in [5, 5.41) is 33.3. The number of amides is 2. The van der Waals surface area contributed by atoms with Gasteiger partial charge in [-0.3, -0.25) is 14.2 Å². The number of alkyl halides is 13. The lowest BCUT2D eigenvalue weighted by atomic mass is 9.93. The molecule has 1 aliphatic heterocycles. The number of aliphatic hydroxyl groups is 3. The summed E-state index contributed by atoms with van der Waals surface area (Å²) in [5.41, 5.74) is -1.04. The standard InChI is InChI=1S/C23H25F13N4O7S/c24-18(25,19(26,27)20(28,29)21(30,31)22(32,33)23(34,35)36)4-8-48-7-3-12(42)37-5-1-13(43)38-11-2-6-40(17(46)39-11)16-15(45)14(44)10(9-41)47-16/h2,6,10,14-16,41,44-45H,1,3-5,7-9H2,(H,37,42)(H,38,39,43,46)/t10-,14-,15+,16-/m1/s1. The van der Waals surface area contributed by atoms with Gasteiger partial charge in [0.25, 0.3) is 0 Å². The highest BCUT2D eigenvalue weighted by molar-refractivity contribution is 7.99. The highest BCUT2D eigenvalue weighted by Gasteiger charge is 2.90. The first kappa shape index (κ1) is 41.3. The van der Waals surface area contributed by atoms with E-state index < -0.39 is 115 Å². The Hall–Kier alpha value is -2.90. The quantitative estimate of drug-likeness (QED) is 0.126. The van der Waals surface area contributed by atoms with Crippen molar-refractivity contribution in [2.24, 2.45) is 0 Å². The number of hydrogen-bond acceptors (Lipinski definition) is 9. The fourth-order valence-electron chi connectivity index (χ4n) is 3.82. The van der Waals surface area contributed by atoms with E-state index in [0.29, 0.717) is 0 Å². The molecule has 25 heteroatoms. The van der Waals surface area contributed by atoms with Crippen molar-refractivity contribution in [2.45, 2.75) is 79.6 Å². The molecule has 0 saturated carbocycles. The van der Waals surface area contributed by atoms with Gasteiger partial charge in [0.05, 0.1) is 6.61 Å². The van der Waals surface area contributed by atoms with E-state index in [9.17, 15) is 81.7 Å². The van der Waals surface area contributed by atoms with Crippen LogP contribution >= 0.6 is 11.8 Å². The van der Waals surface area contributed by atoms with Crippen LogP contribution in [0, 0.1) is 0 Å². The van der Waals surface area contributed by atoms with Crippen molar-refractivity contribution in [2.75, 3.05) is 30.0 Å². The lowest BCUT2D eigenvalue weighted by Gasteiger charge is -2.39. The number of hydrogen-bond donors (Lipinski definition) is 5. The van der Waals surface area contributed by atoms with Crippen LogP contribution in [-0.4, -0.2) is 115 Å². The van der Waals surface area contributed by atoms with Gasteiger partial charge in [0.1, 0.15) is 24.1 Å². The van der Waals surface area contributed by atoms with Crippen molar-refractivity contribution in [3.63, 3.8) is 0 Å². The van der Waals surface area contributed by atoms with Gasteiger partial charge in [0.2, 0.25) is 11.8 Å². The highest BCUT2D eigenvalue weighted by atomic mass is 32.2. The molecule has 1 saturated heterocycles. The highest BCUT2D eigenvalue weighted by Crippen LogP contribution is 2.60. The van der Waals surface area contributed by atoms with E-state index in [1.54, 1.807) is 0 Å². The third-order valence-corrected chi connectivity index (χ3v) is 7.58. The molecule has 4 atom stereocenters. The molecule has 0 aliphatic carbocycles. The van der Waals surface area contributed by atoms with Crippen LogP contribution in [0.4, 0.5) is 62.9 Å². The Kier molecular flexibility index (Phi) is 12.8. The van der Waals surface area contributed by atoms with Gasteiger partial charge in [-0.15, -0.1) is 0 Å². The van der Waals surface area contributed by atoms with Crippen LogP contribution in [0.25, 0.3) is 0 Å². The van der Waals surface area contributed by atoms with Crippen LogP contribution in [-0.2, 0) is 14.3 Å². The average molecular weight is 749 g/mol. The second-order valence-electron chi connectivity index (χ2n) is 9.99. The van der Waals surface area contributed by atoms with Gasteiger partial charge in [-0.05, 0) is 11.8 Å². The summed E-state index contributed by atoms with van der Waals surface area (Å²) in [6.45, 7) is -1.03. The van der Waals surface area contributed by atoms with Gasteiger partial charge in [-0.25, -0.2) is 4.79 Å². The molecule has 2 amide bonds. The van der Waals surface area contributed by atoms with E-state index in [1.807, 2.05) is 0 Å². The number of carbonyl (C=O) groups is 2. The average Bonchev–Trinajstić information content (AvgIpc) is 3.24. The number of anilines is 1. The van der Waals surface area contributed by atoms with Crippen LogP contribution in [0.2, 0.25) is 0 Å². The maximum absolute atomic E-state index is 13.8. The molecule has 1 fully saturated rings. The summed E-state index contributed by atoms with van der Waals surface area (Å²) in [4.78, 5) is 39.7. The molecule has 5 N–H and O–H groups in total. The van der Waals surface area contributed by atoms with Crippen molar-refractivity contribution in [3.05, 3.63) is 22.7 Å². The van der Waals surface area contributed by atoms with Gasteiger partial charge in [-0.2, -0.15) is 73.8 Å². The fourth-order valence-corrected chi connectivity index (χ4v) is 4.76. The van der Waals surface area contributed by atoms with Crippen molar-refractivity contribution >= 4 is 29.4 Å². The Morgan fingerprint density at radius 1 is 0.854 bits per heavy atom.